The number of rotatable bonds is 4. The lowest BCUT2D eigenvalue weighted by molar-refractivity contribution is 0.102. The summed E-state index contributed by atoms with van der Waals surface area (Å²) in [6, 6.07) is 19.6. The number of hydrogen-bond donors (Lipinski definition) is 2. The van der Waals surface area contributed by atoms with Gasteiger partial charge in [-0.3, -0.25) is 4.79 Å². The highest BCUT2D eigenvalue weighted by Gasteiger charge is 2.09. The first-order valence-corrected chi connectivity index (χ1v) is 8.11. The molecule has 0 radical (unpaired) electrons. The summed E-state index contributed by atoms with van der Waals surface area (Å²) in [6.45, 7) is 0. The fraction of sp³-hybridized carbons (Fsp3) is 0. The lowest BCUT2D eigenvalue weighted by atomic mass is 10.2. The predicted octanol–water partition coefficient (Wildman–Crippen LogP) is 4.11. The van der Waals surface area contributed by atoms with Crippen molar-refractivity contribution >= 4 is 39.0 Å². The monoisotopic (exact) mass is 393 g/mol. The fourth-order valence-electron chi connectivity index (χ4n) is 2.06. The van der Waals surface area contributed by atoms with Gasteiger partial charge >= 0.3 is 0 Å². The highest BCUT2D eigenvalue weighted by molar-refractivity contribution is 9.10. The number of anilines is 3. The number of halogens is 1. The Bertz CT molecular complexity index is 933. The van der Waals surface area contributed by atoms with Crippen LogP contribution in [0.2, 0.25) is 0 Å². The molecule has 0 aliphatic carbocycles. The summed E-state index contributed by atoms with van der Waals surface area (Å²) in [7, 11) is 0. The normalized spacial score (nSPS) is 9.92. The maximum atomic E-state index is 12.2. The van der Waals surface area contributed by atoms with Gasteiger partial charge < -0.3 is 10.6 Å². The van der Waals surface area contributed by atoms with Crippen LogP contribution in [0.3, 0.4) is 0 Å². The number of carbonyl (C=O) groups is 1. The van der Waals surface area contributed by atoms with Crippen LogP contribution in [-0.2, 0) is 0 Å². The van der Waals surface area contributed by atoms with Crippen LogP contribution in [-0.4, -0.2) is 16.1 Å². The summed E-state index contributed by atoms with van der Waals surface area (Å²) in [5.41, 5.74) is 2.05. The SMILES string of the molecule is N#Cc1cccc(NC(=O)c2ccc(Nc3ccc(Br)cc3)nn2)c1. The van der Waals surface area contributed by atoms with Crippen LogP contribution in [0.5, 0.6) is 0 Å². The maximum absolute atomic E-state index is 12.2. The van der Waals surface area contributed by atoms with Crippen LogP contribution in [0, 0.1) is 11.3 Å². The Hall–Kier alpha value is -3.24. The molecule has 2 N–H and O–H groups in total. The number of amides is 1. The number of nitrogens with zero attached hydrogens (tertiary/aromatic N) is 3. The second-order valence-corrected chi connectivity index (χ2v) is 6.00. The number of nitriles is 1. The number of nitrogens with one attached hydrogen (secondary N) is 2. The van der Waals surface area contributed by atoms with Crippen molar-refractivity contribution in [2.45, 2.75) is 0 Å². The Morgan fingerprint density at radius 1 is 1.00 bits per heavy atom. The van der Waals surface area contributed by atoms with E-state index < -0.39 is 5.91 Å². The highest BCUT2D eigenvalue weighted by atomic mass is 79.9. The molecule has 0 saturated heterocycles. The fourth-order valence-corrected chi connectivity index (χ4v) is 2.33. The molecule has 0 spiro atoms. The molecule has 3 rings (SSSR count). The average Bonchev–Trinajstić information content (AvgIpc) is 2.64. The van der Waals surface area contributed by atoms with E-state index in [1.165, 1.54) is 0 Å². The lowest BCUT2D eigenvalue weighted by Crippen LogP contribution is -2.14. The van der Waals surface area contributed by atoms with Crippen LogP contribution in [0.4, 0.5) is 17.2 Å². The van der Waals surface area contributed by atoms with Crippen molar-refractivity contribution in [1.29, 1.82) is 5.26 Å². The molecule has 122 valence electrons. The Morgan fingerprint density at radius 2 is 1.80 bits per heavy atom. The minimum atomic E-state index is -0.391. The van der Waals surface area contributed by atoms with E-state index in [0.29, 0.717) is 17.1 Å². The molecule has 6 nitrogen and oxygen atoms in total. The van der Waals surface area contributed by atoms with Crippen molar-refractivity contribution in [3.63, 3.8) is 0 Å². The second kappa shape index (κ2) is 7.55. The minimum Gasteiger partial charge on any atom is -0.339 e. The number of carbonyl (C=O) groups excluding carboxylic acids is 1. The van der Waals surface area contributed by atoms with Crippen LogP contribution in [0.1, 0.15) is 16.1 Å². The summed E-state index contributed by atoms with van der Waals surface area (Å²) < 4.78 is 0.983. The molecular formula is C18H12BrN5O. The molecule has 1 amide bonds. The molecule has 0 atom stereocenters. The molecular weight excluding hydrogens is 382 g/mol. The average molecular weight is 394 g/mol. The quantitative estimate of drug-likeness (QED) is 0.695. The van der Waals surface area contributed by atoms with Gasteiger partial charge in [-0.1, -0.05) is 22.0 Å². The predicted molar refractivity (Wildman–Crippen MR) is 98.6 cm³/mol. The third-order valence-corrected chi connectivity index (χ3v) is 3.79. The number of hydrogen-bond acceptors (Lipinski definition) is 5. The molecule has 1 aromatic heterocycles. The zero-order valence-corrected chi connectivity index (χ0v) is 14.5. The van der Waals surface area contributed by atoms with Gasteiger partial charge in [-0.15, -0.1) is 10.2 Å². The first kappa shape index (κ1) is 16.6. The lowest BCUT2D eigenvalue weighted by Gasteiger charge is -2.07. The van der Waals surface area contributed by atoms with Gasteiger partial charge in [-0.25, -0.2) is 0 Å². The van der Waals surface area contributed by atoms with Gasteiger partial charge in [0, 0.05) is 15.8 Å². The van der Waals surface area contributed by atoms with Crippen LogP contribution < -0.4 is 10.6 Å². The Morgan fingerprint density at radius 3 is 2.48 bits per heavy atom. The maximum Gasteiger partial charge on any atom is 0.276 e. The smallest absolute Gasteiger partial charge is 0.276 e. The molecule has 0 saturated carbocycles. The van der Waals surface area contributed by atoms with E-state index >= 15 is 0 Å². The molecule has 0 aliphatic rings. The van der Waals surface area contributed by atoms with Gasteiger partial charge in [0.1, 0.15) is 0 Å². The van der Waals surface area contributed by atoms with Gasteiger partial charge in [0.15, 0.2) is 11.5 Å². The molecule has 0 unspecified atom stereocenters. The third-order valence-electron chi connectivity index (χ3n) is 3.26. The van der Waals surface area contributed by atoms with Crippen molar-refractivity contribution in [2.75, 3.05) is 10.6 Å². The third kappa shape index (κ3) is 4.40. The summed E-state index contributed by atoms with van der Waals surface area (Å²) in [5, 5.41) is 22.6. The Kier molecular flexibility index (Phi) is 5.02. The second-order valence-electron chi connectivity index (χ2n) is 5.08. The van der Waals surface area contributed by atoms with Crippen LogP contribution >= 0.6 is 15.9 Å². The van der Waals surface area contributed by atoms with Crippen molar-refractivity contribution in [3.05, 3.63) is 76.4 Å². The van der Waals surface area contributed by atoms with Gasteiger partial charge in [-0.05, 0) is 54.6 Å². The van der Waals surface area contributed by atoms with E-state index in [2.05, 4.69) is 36.8 Å². The first-order chi connectivity index (χ1) is 12.1. The summed E-state index contributed by atoms with van der Waals surface area (Å²) in [4.78, 5) is 12.2. The Balaban J connectivity index is 1.68. The standard InChI is InChI=1S/C18H12BrN5O/c19-13-4-6-14(7-5-13)21-17-9-8-16(23-24-17)18(25)22-15-3-1-2-12(10-15)11-20/h1-10H,(H,21,24)(H,22,25). The van der Waals surface area contributed by atoms with Crippen molar-refractivity contribution in [2.24, 2.45) is 0 Å². The topological polar surface area (TPSA) is 90.7 Å². The largest absolute Gasteiger partial charge is 0.339 e. The van der Waals surface area contributed by atoms with E-state index in [1.807, 2.05) is 30.3 Å². The summed E-state index contributed by atoms with van der Waals surface area (Å²) in [5.74, 6) is 0.142. The summed E-state index contributed by atoms with van der Waals surface area (Å²) >= 11 is 3.37. The molecule has 1 heterocycles. The van der Waals surface area contributed by atoms with Gasteiger partial charge in [-0.2, -0.15) is 5.26 Å². The molecule has 7 heteroatoms. The molecule has 2 aromatic carbocycles. The van der Waals surface area contributed by atoms with Gasteiger partial charge in [0.25, 0.3) is 5.91 Å². The van der Waals surface area contributed by atoms with E-state index in [-0.39, 0.29) is 5.69 Å². The van der Waals surface area contributed by atoms with E-state index in [9.17, 15) is 4.79 Å². The van der Waals surface area contributed by atoms with Gasteiger partial charge in [0.05, 0.1) is 11.6 Å². The molecule has 0 bridgehead atoms. The van der Waals surface area contributed by atoms with E-state index in [4.69, 9.17) is 5.26 Å². The van der Waals surface area contributed by atoms with Crippen molar-refractivity contribution in [3.8, 4) is 6.07 Å². The van der Waals surface area contributed by atoms with Crippen molar-refractivity contribution < 1.29 is 4.79 Å². The zero-order valence-electron chi connectivity index (χ0n) is 12.9. The molecule has 0 fully saturated rings. The van der Waals surface area contributed by atoms with Gasteiger partial charge in [0.2, 0.25) is 0 Å². The zero-order chi connectivity index (χ0) is 17.6. The molecule has 25 heavy (non-hydrogen) atoms. The summed E-state index contributed by atoms with van der Waals surface area (Å²) in [6.07, 6.45) is 0. The van der Waals surface area contributed by atoms with Crippen LogP contribution in [0.15, 0.2) is 65.1 Å². The van der Waals surface area contributed by atoms with Crippen LogP contribution in [0.25, 0.3) is 0 Å². The van der Waals surface area contributed by atoms with Crippen molar-refractivity contribution in [1.82, 2.24) is 10.2 Å². The highest BCUT2D eigenvalue weighted by Crippen LogP contribution is 2.18. The van der Waals surface area contributed by atoms with E-state index in [1.54, 1.807) is 36.4 Å². The Labute approximate surface area is 152 Å². The number of benzene rings is 2. The molecule has 0 aliphatic heterocycles. The minimum absolute atomic E-state index is 0.184. The molecule has 3 aromatic rings. The first-order valence-electron chi connectivity index (χ1n) is 7.32. The number of aromatic nitrogens is 2. The van der Waals surface area contributed by atoms with E-state index in [0.717, 1.165) is 10.2 Å².